The van der Waals surface area contributed by atoms with Gasteiger partial charge in [0, 0.05) is 16.3 Å². The van der Waals surface area contributed by atoms with Crippen molar-refractivity contribution in [1.82, 2.24) is 10.3 Å². The lowest BCUT2D eigenvalue weighted by molar-refractivity contribution is 0.465. The van der Waals surface area contributed by atoms with Crippen LogP contribution in [-0.4, -0.2) is 11.5 Å². The second kappa shape index (κ2) is 5.92. The number of aryl methyl sites for hydroxylation is 1. The summed E-state index contributed by atoms with van der Waals surface area (Å²) in [5, 5.41) is 7.57. The monoisotopic (exact) mass is 312 g/mol. The van der Waals surface area contributed by atoms with Crippen LogP contribution in [0.5, 0.6) is 0 Å². The molecule has 1 atom stereocenters. The quantitative estimate of drug-likeness (QED) is 0.868. The fourth-order valence-electron chi connectivity index (χ4n) is 2.46. The summed E-state index contributed by atoms with van der Waals surface area (Å²) >= 11 is 9.53. The minimum atomic E-state index is 0.505. The Bertz CT molecular complexity index is 562. The summed E-state index contributed by atoms with van der Waals surface area (Å²) in [7, 11) is 0. The maximum Gasteiger partial charge on any atom is 0.134 e. The SMILES string of the molecule is CCCNC1CCCc2nc(-c3cc(Cl)cs3)sc21. The third-order valence-electron chi connectivity index (χ3n) is 3.37. The standard InChI is InChI=1S/C14H17ClN2S2/c1-2-6-16-10-4-3-5-11-13(10)19-14(17-11)12-7-9(15)8-18-12/h7-8,10,16H,2-6H2,1H3. The van der Waals surface area contributed by atoms with E-state index in [1.807, 2.05) is 22.8 Å². The lowest BCUT2D eigenvalue weighted by Crippen LogP contribution is -2.24. The Kier molecular flexibility index (Phi) is 4.22. The second-order valence-electron chi connectivity index (χ2n) is 4.86. The van der Waals surface area contributed by atoms with Crippen molar-refractivity contribution >= 4 is 34.3 Å². The summed E-state index contributed by atoms with van der Waals surface area (Å²) in [6, 6.07) is 2.52. The number of fused-ring (bicyclic) bond motifs is 1. The molecule has 2 aromatic rings. The van der Waals surface area contributed by atoms with Gasteiger partial charge in [0.1, 0.15) is 5.01 Å². The van der Waals surface area contributed by atoms with Crippen molar-refractivity contribution in [3.05, 3.63) is 27.0 Å². The number of nitrogens with zero attached hydrogens (tertiary/aromatic N) is 1. The molecule has 2 nitrogen and oxygen atoms in total. The average molecular weight is 313 g/mol. The van der Waals surface area contributed by atoms with Crippen LogP contribution in [0.1, 0.15) is 42.8 Å². The summed E-state index contributed by atoms with van der Waals surface area (Å²) in [5.74, 6) is 0. The van der Waals surface area contributed by atoms with Gasteiger partial charge in [-0.05, 0) is 38.3 Å². The van der Waals surface area contributed by atoms with E-state index in [1.165, 1.54) is 34.7 Å². The Morgan fingerprint density at radius 3 is 3.16 bits per heavy atom. The Morgan fingerprint density at radius 1 is 1.53 bits per heavy atom. The molecule has 0 bridgehead atoms. The van der Waals surface area contributed by atoms with Crippen molar-refractivity contribution in [2.45, 2.75) is 38.6 Å². The van der Waals surface area contributed by atoms with Crippen molar-refractivity contribution in [1.29, 1.82) is 0 Å². The highest BCUT2D eigenvalue weighted by Gasteiger charge is 2.24. The minimum Gasteiger partial charge on any atom is -0.309 e. The van der Waals surface area contributed by atoms with Crippen LogP contribution < -0.4 is 5.32 Å². The first kappa shape index (κ1) is 13.6. The fraction of sp³-hybridized carbons (Fsp3) is 0.500. The number of halogens is 1. The molecule has 0 spiro atoms. The molecule has 2 heterocycles. The van der Waals surface area contributed by atoms with Gasteiger partial charge in [-0.2, -0.15) is 0 Å². The van der Waals surface area contributed by atoms with Crippen LogP contribution in [0, 0.1) is 0 Å². The molecule has 3 rings (SSSR count). The summed E-state index contributed by atoms with van der Waals surface area (Å²) in [6.07, 6.45) is 4.77. The number of rotatable bonds is 4. The summed E-state index contributed by atoms with van der Waals surface area (Å²) < 4.78 is 0. The van der Waals surface area contributed by atoms with Crippen LogP contribution in [-0.2, 0) is 6.42 Å². The first-order chi connectivity index (χ1) is 9.28. The van der Waals surface area contributed by atoms with E-state index in [-0.39, 0.29) is 0 Å². The molecule has 0 fully saturated rings. The smallest absolute Gasteiger partial charge is 0.134 e. The Labute approximate surface area is 126 Å². The maximum atomic E-state index is 6.01. The summed E-state index contributed by atoms with van der Waals surface area (Å²) in [5.41, 5.74) is 1.30. The molecule has 2 aromatic heterocycles. The lowest BCUT2D eigenvalue weighted by Gasteiger charge is -2.22. The first-order valence-corrected chi connectivity index (χ1v) is 8.82. The topological polar surface area (TPSA) is 24.9 Å². The van der Waals surface area contributed by atoms with Crippen LogP contribution in [0.2, 0.25) is 5.02 Å². The third kappa shape index (κ3) is 2.87. The van der Waals surface area contributed by atoms with Crippen LogP contribution in [0.4, 0.5) is 0 Å². The molecule has 0 saturated heterocycles. The number of thiazole rings is 1. The molecule has 1 aliphatic rings. The number of thiophene rings is 1. The van der Waals surface area contributed by atoms with Gasteiger partial charge in [-0.15, -0.1) is 22.7 Å². The van der Waals surface area contributed by atoms with E-state index >= 15 is 0 Å². The molecule has 1 aliphatic carbocycles. The van der Waals surface area contributed by atoms with Crippen molar-refractivity contribution in [3.63, 3.8) is 0 Å². The Morgan fingerprint density at radius 2 is 2.42 bits per heavy atom. The molecular weight excluding hydrogens is 296 g/mol. The molecule has 5 heteroatoms. The molecule has 0 saturated carbocycles. The molecule has 19 heavy (non-hydrogen) atoms. The van der Waals surface area contributed by atoms with E-state index in [1.54, 1.807) is 11.3 Å². The summed E-state index contributed by atoms with van der Waals surface area (Å²) in [4.78, 5) is 7.46. The predicted molar refractivity (Wildman–Crippen MR) is 84.4 cm³/mol. The van der Waals surface area contributed by atoms with Gasteiger partial charge >= 0.3 is 0 Å². The van der Waals surface area contributed by atoms with Gasteiger partial charge in [0.2, 0.25) is 0 Å². The molecular formula is C14H17ClN2S2. The molecule has 102 valence electrons. The van der Waals surface area contributed by atoms with Crippen molar-refractivity contribution in [2.75, 3.05) is 6.54 Å². The summed E-state index contributed by atoms with van der Waals surface area (Å²) in [6.45, 7) is 3.30. The van der Waals surface area contributed by atoms with E-state index in [4.69, 9.17) is 16.6 Å². The van der Waals surface area contributed by atoms with Crippen LogP contribution >= 0.6 is 34.3 Å². The molecule has 0 aliphatic heterocycles. The van der Waals surface area contributed by atoms with E-state index in [2.05, 4.69) is 12.2 Å². The number of aromatic nitrogens is 1. The van der Waals surface area contributed by atoms with Crippen LogP contribution in [0.25, 0.3) is 9.88 Å². The van der Waals surface area contributed by atoms with E-state index in [9.17, 15) is 0 Å². The van der Waals surface area contributed by atoms with Crippen molar-refractivity contribution < 1.29 is 0 Å². The number of hydrogen-bond donors (Lipinski definition) is 1. The molecule has 0 radical (unpaired) electrons. The highest BCUT2D eigenvalue weighted by molar-refractivity contribution is 7.21. The maximum absolute atomic E-state index is 6.01. The Balaban J connectivity index is 1.88. The third-order valence-corrected chi connectivity index (χ3v) is 6.03. The average Bonchev–Trinajstić information content (AvgIpc) is 3.02. The largest absolute Gasteiger partial charge is 0.309 e. The molecule has 1 N–H and O–H groups in total. The zero-order chi connectivity index (χ0) is 13.2. The van der Waals surface area contributed by atoms with Crippen LogP contribution in [0.3, 0.4) is 0 Å². The van der Waals surface area contributed by atoms with Gasteiger partial charge < -0.3 is 5.32 Å². The fourth-order valence-corrected chi connectivity index (χ4v) is 4.82. The van der Waals surface area contributed by atoms with Crippen molar-refractivity contribution in [3.8, 4) is 9.88 Å². The number of hydrogen-bond acceptors (Lipinski definition) is 4. The predicted octanol–water partition coefficient (Wildman–Crippen LogP) is 4.90. The van der Waals surface area contributed by atoms with E-state index < -0.39 is 0 Å². The zero-order valence-electron chi connectivity index (χ0n) is 10.9. The van der Waals surface area contributed by atoms with Gasteiger partial charge in [0.05, 0.1) is 15.6 Å². The Hall–Kier alpha value is -0.420. The van der Waals surface area contributed by atoms with E-state index in [0.29, 0.717) is 6.04 Å². The van der Waals surface area contributed by atoms with Crippen molar-refractivity contribution in [2.24, 2.45) is 0 Å². The highest BCUT2D eigenvalue weighted by atomic mass is 35.5. The normalized spacial score (nSPS) is 18.5. The van der Waals surface area contributed by atoms with Gasteiger partial charge in [-0.1, -0.05) is 18.5 Å². The molecule has 0 amide bonds. The lowest BCUT2D eigenvalue weighted by atomic mass is 9.98. The van der Waals surface area contributed by atoms with Gasteiger partial charge in [0.25, 0.3) is 0 Å². The van der Waals surface area contributed by atoms with Gasteiger partial charge in [-0.25, -0.2) is 4.98 Å². The van der Waals surface area contributed by atoms with E-state index in [0.717, 1.165) is 23.0 Å². The molecule has 1 unspecified atom stereocenters. The first-order valence-electron chi connectivity index (χ1n) is 6.75. The van der Waals surface area contributed by atoms with Crippen LogP contribution in [0.15, 0.2) is 11.4 Å². The minimum absolute atomic E-state index is 0.505. The highest BCUT2D eigenvalue weighted by Crippen LogP contribution is 2.40. The second-order valence-corrected chi connectivity index (χ2v) is 7.24. The molecule has 0 aromatic carbocycles. The van der Waals surface area contributed by atoms with Gasteiger partial charge in [-0.3, -0.25) is 0 Å². The van der Waals surface area contributed by atoms with Gasteiger partial charge in [0.15, 0.2) is 0 Å². The zero-order valence-corrected chi connectivity index (χ0v) is 13.3. The number of nitrogens with one attached hydrogen (secondary N) is 1.